The summed E-state index contributed by atoms with van der Waals surface area (Å²) >= 11 is 0. The van der Waals surface area contributed by atoms with Gasteiger partial charge in [0.05, 0.1) is 18.7 Å². The molecular weight excluding hydrogens is 413 g/mol. The number of rotatable bonds is 8. The molecule has 0 fully saturated rings. The Morgan fingerprint density at radius 1 is 1.03 bits per heavy atom. The number of hydrogen-bond donors (Lipinski definition) is 0. The molecule has 0 amide bonds. The molecule has 0 N–H and O–H groups in total. The number of carbonyl (C=O) groups is 1. The summed E-state index contributed by atoms with van der Waals surface area (Å²) in [4.78, 5) is 24.1. The largest absolute Gasteiger partial charge is 0.463 e. The van der Waals surface area contributed by atoms with Crippen molar-refractivity contribution in [2.45, 2.75) is 12.8 Å². The number of carbonyl (C=O) groups excluding carboxylic acids is 1. The van der Waals surface area contributed by atoms with Crippen molar-refractivity contribution in [1.29, 1.82) is 0 Å². The molecule has 0 bridgehead atoms. The number of nitrogens with zero attached hydrogens (tertiary/aromatic N) is 2. The van der Waals surface area contributed by atoms with Crippen molar-refractivity contribution in [1.82, 2.24) is 9.78 Å². The Bertz CT molecular complexity index is 1120. The van der Waals surface area contributed by atoms with E-state index >= 15 is 0 Å². The van der Waals surface area contributed by atoms with E-state index in [1.165, 1.54) is 19.4 Å². The van der Waals surface area contributed by atoms with Gasteiger partial charge in [-0.1, -0.05) is 24.3 Å². The molecule has 0 aliphatic heterocycles. The van der Waals surface area contributed by atoms with E-state index < -0.39 is 23.4 Å². The summed E-state index contributed by atoms with van der Waals surface area (Å²) in [6.45, 7) is 0.465. The van der Waals surface area contributed by atoms with Gasteiger partial charge in [-0.3, -0.25) is 9.59 Å². The number of methoxy groups -OCH3 is 1. The van der Waals surface area contributed by atoms with Gasteiger partial charge in [0.15, 0.2) is 17.5 Å². The van der Waals surface area contributed by atoms with E-state index in [9.17, 15) is 22.8 Å². The summed E-state index contributed by atoms with van der Waals surface area (Å²) in [5.74, 6) is -4.71. The van der Waals surface area contributed by atoms with Crippen LogP contribution in [0.15, 0.2) is 53.5 Å². The minimum atomic E-state index is -1.58. The van der Waals surface area contributed by atoms with Crippen LogP contribution in [0, 0.1) is 17.5 Å². The van der Waals surface area contributed by atoms with Crippen molar-refractivity contribution in [3.05, 3.63) is 93.2 Å². The van der Waals surface area contributed by atoms with Crippen LogP contribution in [-0.2, 0) is 27.1 Å². The van der Waals surface area contributed by atoms with Gasteiger partial charge in [0.25, 0.3) is 0 Å². The van der Waals surface area contributed by atoms with Crippen LogP contribution in [0.25, 0.3) is 5.69 Å². The molecule has 6 nitrogen and oxygen atoms in total. The summed E-state index contributed by atoms with van der Waals surface area (Å²) < 4.78 is 51.2. The van der Waals surface area contributed by atoms with Crippen LogP contribution in [0.3, 0.4) is 0 Å². The summed E-state index contributed by atoms with van der Waals surface area (Å²) in [7, 11) is 1.51. The van der Waals surface area contributed by atoms with E-state index in [4.69, 9.17) is 9.47 Å². The molecule has 0 unspecified atom stereocenters. The predicted octanol–water partition coefficient (Wildman–Crippen LogP) is 2.97. The Balaban J connectivity index is 1.79. The SMILES string of the molecule is COCCOC(=O)Cc1cccc(Cc2nn(-c3cc(F)c(F)c(F)c3)ccc2=O)c1. The number of benzene rings is 2. The van der Waals surface area contributed by atoms with Gasteiger partial charge >= 0.3 is 5.97 Å². The maximum absolute atomic E-state index is 13.5. The normalized spacial score (nSPS) is 10.8. The molecule has 31 heavy (non-hydrogen) atoms. The monoisotopic (exact) mass is 432 g/mol. The highest BCUT2D eigenvalue weighted by molar-refractivity contribution is 5.72. The maximum Gasteiger partial charge on any atom is 0.310 e. The first-order chi connectivity index (χ1) is 14.9. The van der Waals surface area contributed by atoms with E-state index in [1.807, 2.05) is 0 Å². The third-order valence-electron chi connectivity index (χ3n) is 4.38. The average Bonchev–Trinajstić information content (AvgIpc) is 2.73. The van der Waals surface area contributed by atoms with Crippen molar-refractivity contribution >= 4 is 5.97 Å². The quantitative estimate of drug-likeness (QED) is 0.311. The number of esters is 1. The first-order valence-electron chi connectivity index (χ1n) is 9.33. The molecule has 1 heterocycles. The second-order valence-electron chi connectivity index (χ2n) is 6.68. The van der Waals surface area contributed by atoms with Crippen LogP contribution < -0.4 is 5.43 Å². The minimum Gasteiger partial charge on any atom is -0.463 e. The van der Waals surface area contributed by atoms with Crippen LogP contribution >= 0.6 is 0 Å². The Morgan fingerprint density at radius 3 is 2.45 bits per heavy atom. The topological polar surface area (TPSA) is 70.4 Å². The van der Waals surface area contributed by atoms with Crippen molar-refractivity contribution in [3.63, 3.8) is 0 Å². The van der Waals surface area contributed by atoms with Crippen LogP contribution in [-0.4, -0.2) is 36.1 Å². The van der Waals surface area contributed by atoms with Crippen LogP contribution in [0.4, 0.5) is 13.2 Å². The van der Waals surface area contributed by atoms with Crippen LogP contribution in [0.1, 0.15) is 16.8 Å². The van der Waals surface area contributed by atoms with Gasteiger partial charge in [-0.15, -0.1) is 0 Å². The minimum absolute atomic E-state index is 0.0537. The molecule has 0 aliphatic carbocycles. The predicted molar refractivity (Wildman–Crippen MR) is 105 cm³/mol. The highest BCUT2D eigenvalue weighted by Gasteiger charge is 2.13. The molecule has 3 aromatic rings. The zero-order valence-electron chi connectivity index (χ0n) is 16.6. The molecular formula is C22H19F3N2O4. The number of ether oxygens (including phenoxy) is 2. The molecule has 0 atom stereocenters. The maximum atomic E-state index is 13.5. The fraction of sp³-hybridized carbons (Fsp3) is 0.227. The molecule has 0 saturated carbocycles. The third kappa shape index (κ3) is 5.79. The summed E-state index contributed by atoms with van der Waals surface area (Å²) in [6.07, 6.45) is 1.42. The lowest BCUT2D eigenvalue weighted by atomic mass is 10.0. The number of hydrogen-bond acceptors (Lipinski definition) is 5. The zero-order valence-corrected chi connectivity index (χ0v) is 16.6. The van der Waals surface area contributed by atoms with Gasteiger partial charge < -0.3 is 9.47 Å². The van der Waals surface area contributed by atoms with Crippen molar-refractivity contribution in [2.75, 3.05) is 20.3 Å². The molecule has 2 aromatic carbocycles. The van der Waals surface area contributed by atoms with Crippen molar-refractivity contribution in [2.24, 2.45) is 0 Å². The van der Waals surface area contributed by atoms with Gasteiger partial charge in [-0.2, -0.15) is 5.10 Å². The Kier molecular flexibility index (Phi) is 7.19. The molecule has 162 valence electrons. The molecule has 3 rings (SSSR count). The summed E-state index contributed by atoms with van der Waals surface area (Å²) in [5.41, 5.74) is 1.08. The summed E-state index contributed by atoms with van der Waals surface area (Å²) in [6, 6.07) is 9.77. The molecule has 0 radical (unpaired) electrons. The Hall–Kier alpha value is -3.46. The van der Waals surface area contributed by atoms with E-state index in [-0.39, 0.29) is 36.3 Å². The van der Waals surface area contributed by atoms with E-state index in [2.05, 4.69) is 5.10 Å². The smallest absolute Gasteiger partial charge is 0.310 e. The van der Waals surface area contributed by atoms with E-state index in [0.717, 1.165) is 16.8 Å². The van der Waals surface area contributed by atoms with Crippen LogP contribution in [0.2, 0.25) is 0 Å². The van der Waals surface area contributed by atoms with Gasteiger partial charge in [-0.05, 0) is 11.1 Å². The average molecular weight is 432 g/mol. The molecule has 0 saturated heterocycles. The van der Waals surface area contributed by atoms with Crippen LogP contribution in [0.5, 0.6) is 0 Å². The lowest BCUT2D eigenvalue weighted by molar-refractivity contribution is -0.144. The Labute approximate surface area is 175 Å². The fourth-order valence-corrected chi connectivity index (χ4v) is 2.89. The highest BCUT2D eigenvalue weighted by atomic mass is 19.2. The van der Waals surface area contributed by atoms with Crippen molar-refractivity contribution < 1.29 is 27.4 Å². The zero-order chi connectivity index (χ0) is 22.4. The first kappa shape index (κ1) is 22.2. The second-order valence-corrected chi connectivity index (χ2v) is 6.68. The molecule has 1 aromatic heterocycles. The molecule has 0 aliphatic rings. The lowest BCUT2D eigenvalue weighted by Crippen LogP contribution is -2.17. The van der Waals surface area contributed by atoms with Gasteiger partial charge in [-0.25, -0.2) is 17.9 Å². The number of aromatic nitrogens is 2. The third-order valence-corrected chi connectivity index (χ3v) is 4.38. The number of halogens is 3. The van der Waals surface area contributed by atoms with E-state index in [1.54, 1.807) is 24.3 Å². The standard InChI is InChI=1S/C22H19F3N2O4/c1-30-7-8-31-21(29)11-15-4-2-3-14(9-15)10-19-20(28)5-6-27(26-19)16-12-17(23)22(25)18(24)13-16/h2-6,9,12-13H,7-8,10-11H2,1H3. The second kappa shape index (κ2) is 10.0. The van der Waals surface area contributed by atoms with Gasteiger partial charge in [0, 0.05) is 37.9 Å². The summed E-state index contributed by atoms with van der Waals surface area (Å²) in [5, 5.41) is 4.13. The van der Waals surface area contributed by atoms with E-state index in [0.29, 0.717) is 17.7 Å². The fourth-order valence-electron chi connectivity index (χ4n) is 2.89. The first-order valence-corrected chi connectivity index (χ1v) is 9.33. The molecule has 9 heteroatoms. The van der Waals surface area contributed by atoms with Crippen molar-refractivity contribution in [3.8, 4) is 5.69 Å². The van der Waals surface area contributed by atoms with Gasteiger partial charge in [0.1, 0.15) is 12.3 Å². The lowest BCUT2D eigenvalue weighted by Gasteiger charge is -2.09. The van der Waals surface area contributed by atoms with Gasteiger partial charge in [0.2, 0.25) is 5.43 Å². The highest BCUT2D eigenvalue weighted by Crippen LogP contribution is 2.16. The molecule has 0 spiro atoms. The Morgan fingerprint density at radius 2 is 1.74 bits per heavy atom.